The van der Waals surface area contributed by atoms with E-state index in [4.69, 9.17) is 4.74 Å². The molecule has 1 amide bonds. The van der Waals surface area contributed by atoms with Crippen LogP contribution >= 0.6 is 0 Å². The van der Waals surface area contributed by atoms with Crippen LogP contribution in [0.5, 0.6) is 5.75 Å². The van der Waals surface area contributed by atoms with Crippen LogP contribution < -0.4 is 4.74 Å². The number of amides is 1. The zero-order chi connectivity index (χ0) is 17.2. The van der Waals surface area contributed by atoms with E-state index in [1.54, 1.807) is 0 Å². The fourth-order valence-corrected chi connectivity index (χ4v) is 4.12. The average Bonchev–Trinajstić information content (AvgIpc) is 2.95. The first-order valence-corrected chi connectivity index (χ1v) is 9.21. The lowest BCUT2D eigenvalue weighted by molar-refractivity contribution is -0.136. The van der Waals surface area contributed by atoms with Gasteiger partial charge in [-0.15, -0.1) is 0 Å². The van der Waals surface area contributed by atoms with Gasteiger partial charge in [0.25, 0.3) is 0 Å². The number of rotatable bonds is 2. The summed E-state index contributed by atoms with van der Waals surface area (Å²) < 4.78 is 5.81. The van der Waals surface area contributed by atoms with Gasteiger partial charge >= 0.3 is 0 Å². The third kappa shape index (κ3) is 3.28. The van der Waals surface area contributed by atoms with E-state index < -0.39 is 0 Å². The van der Waals surface area contributed by atoms with Crippen LogP contribution in [0.1, 0.15) is 42.0 Å². The molecular weight excluding hydrogens is 314 g/mol. The molecule has 1 aromatic heterocycles. The minimum Gasteiger partial charge on any atom is -0.493 e. The van der Waals surface area contributed by atoms with E-state index in [9.17, 15) is 4.79 Å². The normalized spacial score (nSPS) is 21.3. The molecule has 5 heteroatoms. The molecule has 0 spiro atoms. The Bertz CT molecular complexity index is 747. The minimum absolute atomic E-state index is 0.0362. The second kappa shape index (κ2) is 6.90. The van der Waals surface area contributed by atoms with Gasteiger partial charge < -0.3 is 9.64 Å². The zero-order valence-corrected chi connectivity index (χ0v) is 14.7. The summed E-state index contributed by atoms with van der Waals surface area (Å²) >= 11 is 0. The number of aryl methyl sites for hydroxylation is 1. The van der Waals surface area contributed by atoms with Gasteiger partial charge in [-0.25, -0.2) is 0 Å². The summed E-state index contributed by atoms with van der Waals surface area (Å²) in [5.74, 6) is 1.75. The number of likely N-dealkylation sites (tertiary alicyclic amines) is 1. The highest BCUT2D eigenvalue weighted by molar-refractivity contribution is 5.79. The summed E-state index contributed by atoms with van der Waals surface area (Å²) in [5.41, 5.74) is 3.62. The lowest BCUT2D eigenvalue weighted by Gasteiger charge is -2.34. The number of carbonyl (C=O) groups excluding carboxylic acids is 1. The van der Waals surface area contributed by atoms with Crippen LogP contribution in [0.3, 0.4) is 0 Å². The van der Waals surface area contributed by atoms with Crippen LogP contribution in [-0.4, -0.2) is 40.7 Å². The largest absolute Gasteiger partial charge is 0.493 e. The second-order valence-corrected chi connectivity index (χ2v) is 7.21. The molecule has 1 saturated heterocycles. The summed E-state index contributed by atoms with van der Waals surface area (Å²) in [5, 5.41) is 7.27. The summed E-state index contributed by atoms with van der Waals surface area (Å²) in [6.07, 6.45) is 5.49. The highest BCUT2D eigenvalue weighted by atomic mass is 16.5. The molecule has 0 aliphatic carbocycles. The van der Waals surface area contributed by atoms with Gasteiger partial charge in [0.05, 0.1) is 12.8 Å². The quantitative estimate of drug-likeness (QED) is 0.915. The average molecular weight is 339 g/mol. The SMILES string of the molecule is Cc1cn[nH]c1C1CCN(C(=O)[C@H]2CCOc3ccccc3C2)CC1. The molecule has 0 radical (unpaired) electrons. The molecule has 2 aromatic rings. The third-order valence-electron chi connectivity index (χ3n) is 5.59. The summed E-state index contributed by atoms with van der Waals surface area (Å²) in [6.45, 7) is 4.39. The van der Waals surface area contributed by atoms with Crippen molar-refractivity contribution in [2.24, 2.45) is 5.92 Å². The molecule has 1 fully saturated rings. The number of aromatic amines is 1. The first-order chi connectivity index (χ1) is 12.2. The Morgan fingerprint density at radius 2 is 2.04 bits per heavy atom. The van der Waals surface area contributed by atoms with Crippen LogP contribution in [-0.2, 0) is 11.2 Å². The van der Waals surface area contributed by atoms with E-state index in [1.165, 1.54) is 11.3 Å². The van der Waals surface area contributed by atoms with Crippen molar-refractivity contribution in [2.45, 2.75) is 38.5 Å². The lowest BCUT2D eigenvalue weighted by atomic mass is 9.90. The molecule has 2 aliphatic rings. The fourth-order valence-electron chi connectivity index (χ4n) is 4.12. The molecule has 3 heterocycles. The van der Waals surface area contributed by atoms with Crippen LogP contribution in [0.15, 0.2) is 30.5 Å². The standard InChI is InChI=1S/C20H25N3O2/c1-14-13-21-22-19(14)15-6-9-23(10-7-15)20(24)17-8-11-25-18-5-3-2-4-16(18)12-17/h2-5,13,15,17H,6-12H2,1H3,(H,21,22)/t17-/m0/s1. The lowest BCUT2D eigenvalue weighted by Crippen LogP contribution is -2.42. The second-order valence-electron chi connectivity index (χ2n) is 7.21. The Morgan fingerprint density at radius 1 is 1.24 bits per heavy atom. The van der Waals surface area contributed by atoms with Gasteiger partial charge in [-0.3, -0.25) is 9.89 Å². The van der Waals surface area contributed by atoms with Gasteiger partial charge in [0, 0.05) is 30.6 Å². The molecule has 2 aliphatic heterocycles. The number of aromatic nitrogens is 2. The smallest absolute Gasteiger partial charge is 0.226 e. The monoisotopic (exact) mass is 339 g/mol. The topological polar surface area (TPSA) is 58.2 Å². The molecule has 1 aromatic carbocycles. The molecular formula is C20H25N3O2. The minimum atomic E-state index is 0.0362. The zero-order valence-electron chi connectivity index (χ0n) is 14.7. The van der Waals surface area contributed by atoms with Gasteiger partial charge in [-0.1, -0.05) is 18.2 Å². The van der Waals surface area contributed by atoms with E-state index in [2.05, 4.69) is 28.1 Å². The van der Waals surface area contributed by atoms with Crippen LogP contribution in [0.4, 0.5) is 0 Å². The van der Waals surface area contributed by atoms with Crippen molar-refractivity contribution in [2.75, 3.05) is 19.7 Å². The van der Waals surface area contributed by atoms with E-state index >= 15 is 0 Å². The number of fused-ring (bicyclic) bond motifs is 1. The number of nitrogens with one attached hydrogen (secondary N) is 1. The Morgan fingerprint density at radius 3 is 2.80 bits per heavy atom. The predicted molar refractivity (Wildman–Crippen MR) is 95.6 cm³/mol. The molecule has 4 rings (SSSR count). The van der Waals surface area contributed by atoms with Gasteiger partial charge in [-0.05, 0) is 49.8 Å². The maximum absolute atomic E-state index is 13.0. The Hall–Kier alpha value is -2.30. The molecule has 1 N–H and O–H groups in total. The summed E-state index contributed by atoms with van der Waals surface area (Å²) in [7, 11) is 0. The van der Waals surface area contributed by atoms with Gasteiger partial charge in [-0.2, -0.15) is 5.10 Å². The number of hydrogen-bond acceptors (Lipinski definition) is 3. The number of carbonyl (C=O) groups is 1. The van der Waals surface area contributed by atoms with E-state index in [0.29, 0.717) is 18.4 Å². The molecule has 1 atom stereocenters. The number of nitrogens with zero attached hydrogens (tertiary/aromatic N) is 2. The van der Waals surface area contributed by atoms with E-state index in [0.717, 1.165) is 50.1 Å². The Labute approximate surface area is 148 Å². The number of hydrogen-bond donors (Lipinski definition) is 1. The Balaban J connectivity index is 1.40. The van der Waals surface area contributed by atoms with Crippen molar-refractivity contribution >= 4 is 5.91 Å². The van der Waals surface area contributed by atoms with Crippen molar-refractivity contribution in [3.63, 3.8) is 0 Å². The van der Waals surface area contributed by atoms with Crippen molar-refractivity contribution < 1.29 is 9.53 Å². The first kappa shape index (κ1) is 16.2. The molecule has 132 valence electrons. The summed E-state index contributed by atoms with van der Waals surface area (Å²) in [4.78, 5) is 15.1. The van der Waals surface area contributed by atoms with Crippen LogP contribution in [0.2, 0.25) is 0 Å². The highest BCUT2D eigenvalue weighted by Crippen LogP contribution is 2.31. The maximum atomic E-state index is 13.0. The first-order valence-electron chi connectivity index (χ1n) is 9.21. The molecule has 5 nitrogen and oxygen atoms in total. The van der Waals surface area contributed by atoms with Crippen LogP contribution in [0.25, 0.3) is 0 Å². The van der Waals surface area contributed by atoms with E-state index in [-0.39, 0.29) is 5.92 Å². The number of para-hydroxylation sites is 1. The molecule has 25 heavy (non-hydrogen) atoms. The van der Waals surface area contributed by atoms with Gasteiger partial charge in [0.2, 0.25) is 5.91 Å². The number of ether oxygens (including phenoxy) is 1. The summed E-state index contributed by atoms with van der Waals surface area (Å²) in [6, 6.07) is 8.09. The van der Waals surface area contributed by atoms with E-state index in [1.807, 2.05) is 24.4 Å². The van der Waals surface area contributed by atoms with Crippen molar-refractivity contribution in [3.05, 3.63) is 47.3 Å². The van der Waals surface area contributed by atoms with Gasteiger partial charge in [0.15, 0.2) is 0 Å². The fraction of sp³-hybridized carbons (Fsp3) is 0.500. The van der Waals surface area contributed by atoms with Crippen LogP contribution in [0, 0.1) is 12.8 Å². The third-order valence-corrected chi connectivity index (χ3v) is 5.59. The molecule has 0 bridgehead atoms. The van der Waals surface area contributed by atoms with Crippen molar-refractivity contribution in [3.8, 4) is 5.75 Å². The Kier molecular flexibility index (Phi) is 4.47. The number of H-pyrrole nitrogens is 1. The number of benzene rings is 1. The molecule has 0 unspecified atom stereocenters. The number of piperidine rings is 1. The highest BCUT2D eigenvalue weighted by Gasteiger charge is 2.31. The predicted octanol–water partition coefficient (Wildman–Crippen LogP) is 3.07. The van der Waals surface area contributed by atoms with Crippen molar-refractivity contribution in [1.82, 2.24) is 15.1 Å². The molecule has 0 saturated carbocycles. The van der Waals surface area contributed by atoms with Gasteiger partial charge in [0.1, 0.15) is 5.75 Å². The van der Waals surface area contributed by atoms with Crippen molar-refractivity contribution in [1.29, 1.82) is 0 Å². The maximum Gasteiger partial charge on any atom is 0.226 e.